The first-order chi connectivity index (χ1) is 7.08. The molecule has 0 atom stereocenters. The average Bonchev–Trinajstić information content (AvgIpc) is 2.26. The summed E-state index contributed by atoms with van der Waals surface area (Å²) in [6, 6.07) is 0. The second kappa shape index (κ2) is 5.72. The van der Waals surface area contributed by atoms with Gasteiger partial charge in [-0.05, 0) is 0 Å². The molecule has 0 aromatic rings. The zero-order valence-corrected chi connectivity index (χ0v) is 8.70. The molecule has 0 aliphatic heterocycles. The molecule has 0 saturated heterocycles. The highest BCUT2D eigenvalue weighted by atomic mass is 16.5. The first-order valence-corrected chi connectivity index (χ1v) is 4.12. The van der Waals surface area contributed by atoms with Crippen LogP contribution in [0.4, 0.5) is 0 Å². The quantitative estimate of drug-likeness (QED) is 0.380. The Hall–Kier alpha value is -1.94. The van der Waals surface area contributed by atoms with Crippen LogP contribution >= 0.6 is 0 Å². The number of hydrogen-bond donors (Lipinski definition) is 0. The number of rotatable bonds is 4. The number of ether oxygens (including phenoxy) is 2. The van der Waals surface area contributed by atoms with Crippen LogP contribution in [0, 0.1) is 30.1 Å². The predicted molar refractivity (Wildman–Crippen MR) is 53.4 cm³/mol. The molecule has 0 spiro atoms. The monoisotopic (exact) mass is 208 g/mol. The smallest absolute Gasteiger partial charge is 0.325 e. The van der Waals surface area contributed by atoms with Crippen LogP contribution in [0.25, 0.3) is 0 Å². The predicted octanol–water partition coefficient (Wildman–Crippen LogP) is 0.365. The van der Waals surface area contributed by atoms with Gasteiger partial charge in [-0.3, -0.25) is 9.59 Å². The minimum Gasteiger partial charge on any atom is -0.468 e. The summed E-state index contributed by atoms with van der Waals surface area (Å²) in [7, 11) is 2.32. The van der Waals surface area contributed by atoms with Crippen LogP contribution in [0.1, 0.15) is 12.8 Å². The van der Waals surface area contributed by atoms with E-state index in [1.807, 2.05) is 0 Å². The van der Waals surface area contributed by atoms with E-state index in [9.17, 15) is 9.59 Å². The molecular formula is C11H12O4. The number of hydrogen-bond acceptors (Lipinski definition) is 4. The molecule has 0 bridgehead atoms. The lowest BCUT2D eigenvalue weighted by Crippen LogP contribution is -2.40. The zero-order valence-electron chi connectivity index (χ0n) is 8.70. The Kier molecular flexibility index (Phi) is 4.98. The van der Waals surface area contributed by atoms with Gasteiger partial charge in [0.2, 0.25) is 0 Å². The Morgan fingerprint density at radius 2 is 1.40 bits per heavy atom. The van der Waals surface area contributed by atoms with Crippen LogP contribution in [-0.4, -0.2) is 26.2 Å². The second-order valence-corrected chi connectivity index (χ2v) is 2.83. The third kappa shape index (κ3) is 2.51. The van der Waals surface area contributed by atoms with Crippen molar-refractivity contribution >= 4 is 11.9 Å². The van der Waals surface area contributed by atoms with Crippen LogP contribution in [0.2, 0.25) is 0 Å². The van der Waals surface area contributed by atoms with Gasteiger partial charge in [0.05, 0.1) is 14.2 Å². The summed E-state index contributed by atoms with van der Waals surface area (Å²) in [6.45, 7) is 0. The molecule has 0 aliphatic rings. The van der Waals surface area contributed by atoms with Gasteiger partial charge in [-0.25, -0.2) is 0 Å². The van der Waals surface area contributed by atoms with Gasteiger partial charge in [-0.1, -0.05) is 0 Å². The molecule has 80 valence electrons. The van der Waals surface area contributed by atoms with Crippen LogP contribution in [0.5, 0.6) is 0 Å². The van der Waals surface area contributed by atoms with Crippen LogP contribution in [0.3, 0.4) is 0 Å². The Balaban J connectivity index is 5.28. The van der Waals surface area contributed by atoms with Gasteiger partial charge in [0.1, 0.15) is 0 Å². The first-order valence-electron chi connectivity index (χ1n) is 4.12. The third-order valence-electron chi connectivity index (χ3n) is 1.96. The molecule has 0 N–H and O–H groups in total. The maximum Gasteiger partial charge on any atom is 0.325 e. The molecule has 0 radical (unpaired) electrons. The van der Waals surface area contributed by atoms with Crippen molar-refractivity contribution in [2.75, 3.05) is 14.2 Å². The van der Waals surface area contributed by atoms with Crippen molar-refractivity contribution in [2.24, 2.45) is 5.41 Å². The molecule has 0 aliphatic carbocycles. The molecule has 4 heteroatoms. The summed E-state index contributed by atoms with van der Waals surface area (Å²) >= 11 is 0. The minimum atomic E-state index is -1.58. The number of terminal acetylenes is 2. The van der Waals surface area contributed by atoms with E-state index < -0.39 is 17.4 Å². The maximum atomic E-state index is 11.5. The largest absolute Gasteiger partial charge is 0.468 e. The van der Waals surface area contributed by atoms with Gasteiger partial charge in [-0.15, -0.1) is 24.7 Å². The van der Waals surface area contributed by atoms with Gasteiger partial charge >= 0.3 is 11.9 Å². The van der Waals surface area contributed by atoms with Crippen molar-refractivity contribution in [2.45, 2.75) is 12.8 Å². The van der Waals surface area contributed by atoms with Crippen LogP contribution in [0.15, 0.2) is 0 Å². The molecular weight excluding hydrogens is 196 g/mol. The Morgan fingerprint density at radius 3 is 1.60 bits per heavy atom. The summed E-state index contributed by atoms with van der Waals surface area (Å²) in [6.07, 6.45) is 9.91. The lowest BCUT2D eigenvalue weighted by Gasteiger charge is -2.23. The lowest BCUT2D eigenvalue weighted by molar-refractivity contribution is -0.168. The Labute approximate surface area is 88.9 Å². The molecule has 0 aromatic carbocycles. The fraction of sp³-hybridized carbons (Fsp3) is 0.455. The standard InChI is InChI=1S/C11H12O4/c1-5-7-11(8-6-2,9(12)14-3)10(13)15-4/h1-2H,7-8H2,3-4H3. The molecule has 4 nitrogen and oxygen atoms in total. The fourth-order valence-electron chi connectivity index (χ4n) is 1.17. The normalized spacial score (nSPS) is 9.60. The van der Waals surface area contributed by atoms with Gasteiger partial charge in [0, 0.05) is 12.8 Å². The molecule has 0 amide bonds. The van der Waals surface area contributed by atoms with E-state index in [1.165, 1.54) is 0 Å². The van der Waals surface area contributed by atoms with Gasteiger partial charge in [0.25, 0.3) is 0 Å². The molecule has 0 rings (SSSR count). The van der Waals surface area contributed by atoms with E-state index in [1.54, 1.807) is 0 Å². The van der Waals surface area contributed by atoms with Gasteiger partial charge in [-0.2, -0.15) is 0 Å². The highest BCUT2D eigenvalue weighted by Gasteiger charge is 2.47. The van der Waals surface area contributed by atoms with Crippen molar-refractivity contribution in [1.82, 2.24) is 0 Å². The topological polar surface area (TPSA) is 52.6 Å². The van der Waals surface area contributed by atoms with Crippen molar-refractivity contribution in [1.29, 1.82) is 0 Å². The summed E-state index contributed by atoms with van der Waals surface area (Å²) in [5.41, 5.74) is -1.58. The first kappa shape index (κ1) is 13.1. The molecule has 0 heterocycles. The van der Waals surface area contributed by atoms with E-state index in [-0.39, 0.29) is 12.8 Å². The summed E-state index contributed by atoms with van der Waals surface area (Å²) < 4.78 is 9.03. The maximum absolute atomic E-state index is 11.5. The SMILES string of the molecule is C#CCC(CC#C)(C(=O)OC)C(=O)OC. The number of esters is 2. The molecule has 0 fully saturated rings. The number of carbonyl (C=O) groups is 2. The molecule has 15 heavy (non-hydrogen) atoms. The van der Waals surface area contributed by atoms with Crippen molar-refractivity contribution in [3.05, 3.63) is 0 Å². The van der Waals surface area contributed by atoms with E-state index in [2.05, 4.69) is 21.3 Å². The van der Waals surface area contributed by atoms with Crippen molar-refractivity contribution in [3.8, 4) is 24.7 Å². The van der Waals surface area contributed by atoms with Crippen molar-refractivity contribution < 1.29 is 19.1 Å². The second-order valence-electron chi connectivity index (χ2n) is 2.83. The molecule has 0 saturated carbocycles. The number of carbonyl (C=O) groups excluding carboxylic acids is 2. The van der Waals surface area contributed by atoms with Crippen LogP contribution < -0.4 is 0 Å². The summed E-state index contributed by atoms with van der Waals surface area (Å²) in [5, 5.41) is 0. The zero-order chi connectivity index (χ0) is 11.9. The van der Waals surface area contributed by atoms with Crippen LogP contribution in [-0.2, 0) is 19.1 Å². The van der Waals surface area contributed by atoms with Gasteiger partial charge < -0.3 is 9.47 Å². The van der Waals surface area contributed by atoms with E-state index in [0.717, 1.165) is 14.2 Å². The third-order valence-corrected chi connectivity index (χ3v) is 1.96. The van der Waals surface area contributed by atoms with E-state index >= 15 is 0 Å². The Bertz CT molecular complexity index is 295. The highest BCUT2D eigenvalue weighted by Crippen LogP contribution is 2.29. The fourth-order valence-corrected chi connectivity index (χ4v) is 1.17. The Morgan fingerprint density at radius 1 is 1.07 bits per heavy atom. The summed E-state index contributed by atoms with van der Waals surface area (Å²) in [5.74, 6) is 2.91. The highest BCUT2D eigenvalue weighted by molar-refractivity contribution is 6.00. The minimum absolute atomic E-state index is 0.142. The van der Waals surface area contributed by atoms with E-state index in [4.69, 9.17) is 12.8 Å². The van der Waals surface area contributed by atoms with Gasteiger partial charge in [0.15, 0.2) is 5.41 Å². The average molecular weight is 208 g/mol. The lowest BCUT2D eigenvalue weighted by atomic mass is 9.81. The molecule has 0 aromatic heterocycles. The number of methoxy groups -OCH3 is 2. The summed E-state index contributed by atoms with van der Waals surface area (Å²) in [4.78, 5) is 23.0. The van der Waals surface area contributed by atoms with Crippen molar-refractivity contribution in [3.63, 3.8) is 0 Å². The molecule has 0 unspecified atom stereocenters. The van der Waals surface area contributed by atoms with E-state index in [0.29, 0.717) is 0 Å².